The van der Waals surface area contributed by atoms with Crippen molar-refractivity contribution in [1.82, 2.24) is 4.90 Å². The summed E-state index contributed by atoms with van der Waals surface area (Å²) in [5.74, 6) is -0.685. The van der Waals surface area contributed by atoms with Crippen LogP contribution in [0, 0.1) is 0 Å². The fourth-order valence-corrected chi connectivity index (χ4v) is 4.55. The van der Waals surface area contributed by atoms with Crippen molar-refractivity contribution in [2.45, 2.75) is 6.54 Å². The molecule has 3 aromatic rings. The molecule has 0 aromatic heterocycles. The average Bonchev–Trinajstić information content (AvgIpc) is 3.09. The number of carbonyl (C=O) groups excluding carboxylic acids is 3. The maximum absolute atomic E-state index is 13.0. The van der Waals surface area contributed by atoms with Crippen molar-refractivity contribution < 1.29 is 23.9 Å². The standard InChI is InChI=1S/C25H17BrClNO5S/c1-32-20-8-4-5-16(22(20)33-24(30)18-6-2-3-7-19(18)27)13-21-23(29)28(25(31)34-21)14-15-9-11-17(26)12-10-15/h2-13H,14H2,1H3/b21-13-. The highest BCUT2D eigenvalue weighted by atomic mass is 79.9. The minimum Gasteiger partial charge on any atom is -0.493 e. The number of hydrogen-bond donors (Lipinski definition) is 0. The highest BCUT2D eigenvalue weighted by Crippen LogP contribution is 2.38. The molecule has 0 aliphatic carbocycles. The molecule has 1 aliphatic heterocycles. The van der Waals surface area contributed by atoms with E-state index in [1.165, 1.54) is 18.1 Å². The van der Waals surface area contributed by atoms with Crippen LogP contribution in [0.3, 0.4) is 0 Å². The van der Waals surface area contributed by atoms with E-state index >= 15 is 0 Å². The van der Waals surface area contributed by atoms with Crippen LogP contribution in [0.4, 0.5) is 4.79 Å². The van der Waals surface area contributed by atoms with Gasteiger partial charge in [-0.25, -0.2) is 4.79 Å². The minimum absolute atomic E-state index is 0.120. The van der Waals surface area contributed by atoms with Gasteiger partial charge in [0.2, 0.25) is 0 Å². The maximum atomic E-state index is 13.0. The molecule has 9 heteroatoms. The van der Waals surface area contributed by atoms with Crippen LogP contribution in [-0.4, -0.2) is 29.1 Å². The molecule has 0 radical (unpaired) electrons. The SMILES string of the molecule is COc1cccc(/C=C2\SC(=O)N(Cc3ccc(Br)cc3)C2=O)c1OC(=O)c1ccccc1Cl. The number of rotatable bonds is 6. The van der Waals surface area contributed by atoms with E-state index in [0.717, 1.165) is 21.8 Å². The number of nitrogens with zero attached hydrogens (tertiary/aromatic N) is 1. The Kier molecular flexibility index (Phi) is 7.41. The van der Waals surface area contributed by atoms with Crippen LogP contribution in [0.25, 0.3) is 6.08 Å². The van der Waals surface area contributed by atoms with Gasteiger partial charge in [0.1, 0.15) is 0 Å². The third-order valence-electron chi connectivity index (χ3n) is 4.93. The van der Waals surface area contributed by atoms with Gasteiger partial charge in [-0.05, 0) is 53.7 Å². The van der Waals surface area contributed by atoms with E-state index in [-0.39, 0.29) is 33.0 Å². The summed E-state index contributed by atoms with van der Waals surface area (Å²) in [5.41, 5.74) is 1.42. The predicted molar refractivity (Wildman–Crippen MR) is 135 cm³/mol. The fourth-order valence-electron chi connectivity index (χ4n) is 3.24. The molecule has 3 aromatic carbocycles. The number of benzene rings is 3. The Hall–Kier alpha value is -3.07. The lowest BCUT2D eigenvalue weighted by Crippen LogP contribution is -2.27. The second-order valence-electron chi connectivity index (χ2n) is 7.14. The molecule has 172 valence electrons. The molecule has 0 spiro atoms. The molecule has 6 nitrogen and oxygen atoms in total. The normalized spacial score (nSPS) is 14.6. The van der Waals surface area contributed by atoms with E-state index in [0.29, 0.717) is 11.3 Å². The molecule has 0 saturated carbocycles. The highest BCUT2D eigenvalue weighted by Gasteiger charge is 2.35. The third-order valence-corrected chi connectivity index (χ3v) is 6.70. The van der Waals surface area contributed by atoms with Crippen molar-refractivity contribution in [1.29, 1.82) is 0 Å². The third kappa shape index (κ3) is 5.19. The lowest BCUT2D eigenvalue weighted by atomic mass is 10.1. The maximum Gasteiger partial charge on any atom is 0.345 e. The zero-order valence-electron chi connectivity index (χ0n) is 17.8. The summed E-state index contributed by atoms with van der Waals surface area (Å²) >= 11 is 10.3. The Morgan fingerprint density at radius 3 is 2.50 bits per heavy atom. The van der Waals surface area contributed by atoms with Crippen molar-refractivity contribution in [3.63, 3.8) is 0 Å². The quantitative estimate of drug-likeness (QED) is 0.194. The molecule has 0 unspecified atom stereocenters. The van der Waals surface area contributed by atoms with E-state index in [9.17, 15) is 14.4 Å². The van der Waals surface area contributed by atoms with Gasteiger partial charge in [-0.1, -0.05) is 63.9 Å². The summed E-state index contributed by atoms with van der Waals surface area (Å²) in [7, 11) is 1.44. The number of thioether (sulfide) groups is 1. The van der Waals surface area contributed by atoms with E-state index in [1.54, 1.807) is 42.5 Å². The lowest BCUT2D eigenvalue weighted by Gasteiger charge is -2.13. The predicted octanol–water partition coefficient (Wildman–Crippen LogP) is 6.57. The first-order valence-electron chi connectivity index (χ1n) is 10.0. The molecule has 0 N–H and O–H groups in total. The number of amides is 2. The lowest BCUT2D eigenvalue weighted by molar-refractivity contribution is -0.123. The van der Waals surface area contributed by atoms with Crippen LogP contribution in [0.5, 0.6) is 11.5 Å². The summed E-state index contributed by atoms with van der Waals surface area (Å²) < 4.78 is 11.9. The molecule has 0 atom stereocenters. The minimum atomic E-state index is -0.673. The van der Waals surface area contributed by atoms with Crippen molar-refractivity contribution in [3.05, 3.63) is 97.8 Å². The van der Waals surface area contributed by atoms with Crippen molar-refractivity contribution in [2.24, 2.45) is 0 Å². The smallest absolute Gasteiger partial charge is 0.345 e. The number of para-hydroxylation sites is 1. The Morgan fingerprint density at radius 2 is 1.79 bits per heavy atom. The van der Waals surface area contributed by atoms with Crippen molar-refractivity contribution >= 4 is 62.5 Å². The molecule has 1 fully saturated rings. The number of ether oxygens (including phenoxy) is 2. The van der Waals surface area contributed by atoms with Gasteiger partial charge in [0, 0.05) is 10.0 Å². The highest BCUT2D eigenvalue weighted by molar-refractivity contribution is 9.10. The van der Waals surface area contributed by atoms with Gasteiger partial charge < -0.3 is 9.47 Å². The Balaban J connectivity index is 1.63. The Bertz CT molecular complexity index is 1310. The number of esters is 1. The molecule has 2 amide bonds. The van der Waals surface area contributed by atoms with E-state index in [1.807, 2.05) is 24.3 Å². The Labute approximate surface area is 213 Å². The number of hydrogen-bond acceptors (Lipinski definition) is 6. The monoisotopic (exact) mass is 557 g/mol. The number of methoxy groups -OCH3 is 1. The van der Waals surface area contributed by atoms with E-state index in [2.05, 4.69) is 15.9 Å². The van der Waals surface area contributed by atoms with Gasteiger partial charge >= 0.3 is 5.97 Å². The zero-order chi connectivity index (χ0) is 24.2. The van der Waals surface area contributed by atoms with Crippen LogP contribution in [0.1, 0.15) is 21.5 Å². The first-order valence-corrected chi connectivity index (χ1v) is 12.0. The number of halogens is 2. The first-order chi connectivity index (χ1) is 16.4. The van der Waals surface area contributed by atoms with E-state index < -0.39 is 11.9 Å². The van der Waals surface area contributed by atoms with Crippen LogP contribution in [-0.2, 0) is 11.3 Å². The molecule has 1 aliphatic rings. The molecular weight excluding hydrogens is 542 g/mol. The van der Waals surface area contributed by atoms with Crippen molar-refractivity contribution in [3.8, 4) is 11.5 Å². The summed E-state index contributed by atoms with van der Waals surface area (Å²) in [4.78, 5) is 39.7. The van der Waals surface area contributed by atoms with Gasteiger partial charge in [-0.3, -0.25) is 14.5 Å². The van der Waals surface area contributed by atoms with Gasteiger partial charge in [-0.15, -0.1) is 0 Å². The summed E-state index contributed by atoms with van der Waals surface area (Å²) in [6, 6.07) is 18.9. The molecule has 1 heterocycles. The zero-order valence-corrected chi connectivity index (χ0v) is 20.9. The molecule has 1 saturated heterocycles. The van der Waals surface area contributed by atoms with Gasteiger partial charge in [0.15, 0.2) is 11.5 Å². The first kappa shape index (κ1) is 24.1. The topological polar surface area (TPSA) is 72.9 Å². The fraction of sp³-hybridized carbons (Fsp3) is 0.0800. The van der Waals surface area contributed by atoms with Gasteiger partial charge in [0.05, 0.1) is 29.1 Å². The number of imide groups is 1. The second kappa shape index (κ2) is 10.5. The number of carbonyl (C=O) groups is 3. The summed E-state index contributed by atoms with van der Waals surface area (Å²) in [6.07, 6.45) is 1.52. The molecule has 0 bridgehead atoms. The molecule has 4 rings (SSSR count). The molecular formula is C25H17BrClNO5S. The summed E-state index contributed by atoms with van der Waals surface area (Å²) in [5, 5.41) is -0.130. The van der Waals surface area contributed by atoms with Crippen LogP contribution in [0.15, 0.2) is 76.1 Å². The largest absolute Gasteiger partial charge is 0.493 e. The van der Waals surface area contributed by atoms with Crippen LogP contribution in [0.2, 0.25) is 5.02 Å². The summed E-state index contributed by atoms with van der Waals surface area (Å²) in [6.45, 7) is 0.155. The second-order valence-corrected chi connectivity index (χ2v) is 9.46. The van der Waals surface area contributed by atoms with Gasteiger partial charge in [-0.2, -0.15) is 0 Å². The Morgan fingerprint density at radius 1 is 1.06 bits per heavy atom. The van der Waals surface area contributed by atoms with Crippen LogP contribution < -0.4 is 9.47 Å². The van der Waals surface area contributed by atoms with E-state index in [4.69, 9.17) is 21.1 Å². The van der Waals surface area contributed by atoms with Crippen molar-refractivity contribution in [2.75, 3.05) is 7.11 Å². The van der Waals surface area contributed by atoms with Gasteiger partial charge in [0.25, 0.3) is 11.1 Å². The molecule has 34 heavy (non-hydrogen) atoms. The average molecular weight is 559 g/mol. The van der Waals surface area contributed by atoms with Crippen LogP contribution >= 0.6 is 39.3 Å².